The maximum atomic E-state index is 12.9. The number of nitrogens with zero attached hydrogens (tertiary/aromatic N) is 1. The molecule has 2 rings (SSSR count). The molecule has 0 spiro atoms. The molecule has 0 radical (unpaired) electrons. The summed E-state index contributed by atoms with van der Waals surface area (Å²) in [6.45, 7) is 9.24. The van der Waals surface area contributed by atoms with Crippen LogP contribution in [0.15, 0.2) is 31.9 Å². The second kappa shape index (κ2) is 11.3. The van der Waals surface area contributed by atoms with Crippen LogP contribution in [-0.2, 0) is 21.1 Å². The molecule has 0 fully saturated rings. The van der Waals surface area contributed by atoms with Crippen molar-refractivity contribution in [2.75, 3.05) is 13.1 Å². The lowest BCUT2D eigenvalue weighted by molar-refractivity contribution is -0.356. The molecule has 2 aromatic heterocycles. The van der Waals surface area contributed by atoms with Crippen LogP contribution in [-0.4, -0.2) is 45.5 Å². The first kappa shape index (κ1) is 27.1. The van der Waals surface area contributed by atoms with Gasteiger partial charge in [0.05, 0.1) is 10.9 Å². The minimum Gasteiger partial charge on any atom is -0.769 e. The van der Waals surface area contributed by atoms with Crippen molar-refractivity contribution in [1.82, 2.24) is 9.62 Å². The van der Waals surface area contributed by atoms with Crippen LogP contribution in [0.1, 0.15) is 49.6 Å². The van der Waals surface area contributed by atoms with Crippen LogP contribution in [0.5, 0.6) is 5.75 Å². The molecule has 2 heterocycles. The van der Waals surface area contributed by atoms with E-state index in [1.807, 2.05) is 6.92 Å². The average Bonchev–Trinajstić information content (AvgIpc) is 3.29. The Balaban J connectivity index is 2.49. The molecule has 0 aromatic carbocycles. The number of rotatable bonds is 11. The molecule has 0 saturated heterocycles. The number of nitrogens with one attached hydrogen (secondary N) is 2. The second-order valence-electron chi connectivity index (χ2n) is 7.14. The standard InChI is InChI=1S/C20H30N4O6S3/c1-6-14(16-10-9-12(4)30-16)22-15(11-32(26)27)19(21)23-17-13(5)31-20(18(17)25)33(28,29)24(7-2)8-3/h9-11,14,22,25H,6-8H2,1-5H3,(H2,21,23)(H,26,27). The topological polar surface area (TPSA) is 163 Å². The van der Waals surface area contributed by atoms with Gasteiger partial charge in [-0.25, -0.2) is 13.4 Å². The first-order valence-corrected chi connectivity index (χ1v) is 13.7. The van der Waals surface area contributed by atoms with E-state index in [0.29, 0.717) is 22.8 Å². The highest BCUT2D eigenvalue weighted by atomic mass is 32.2. The molecule has 0 bridgehead atoms. The van der Waals surface area contributed by atoms with E-state index >= 15 is 0 Å². The van der Waals surface area contributed by atoms with Gasteiger partial charge in [0.2, 0.25) is 0 Å². The van der Waals surface area contributed by atoms with Crippen LogP contribution in [0.3, 0.4) is 0 Å². The van der Waals surface area contributed by atoms with E-state index in [0.717, 1.165) is 16.7 Å². The number of nitrogens with two attached hydrogens (primary N) is 1. The highest BCUT2D eigenvalue weighted by Gasteiger charge is 2.31. The molecule has 13 heteroatoms. The maximum Gasteiger partial charge on any atom is 0.295 e. The molecule has 5 N–H and O–H groups in total. The van der Waals surface area contributed by atoms with Crippen molar-refractivity contribution in [2.24, 2.45) is 5.73 Å². The Morgan fingerprint density at radius 2 is 2.00 bits per heavy atom. The number of amidine groups is 1. The van der Waals surface area contributed by atoms with E-state index in [9.17, 15) is 22.3 Å². The van der Waals surface area contributed by atoms with Crippen LogP contribution in [0.2, 0.25) is 0 Å². The number of furan rings is 1. The van der Waals surface area contributed by atoms with Crippen LogP contribution in [0, 0.1) is 13.8 Å². The summed E-state index contributed by atoms with van der Waals surface area (Å²) in [6, 6.07) is 3.21. The van der Waals surface area contributed by atoms with Crippen LogP contribution < -0.4 is 16.0 Å². The number of hydrogen-bond acceptors (Lipinski definition) is 8. The SMILES string of the molecule is CCC(NC(=CS(=O)[O-])C(N)=[NH+]c1c(C)sc(S(=O)(=O)N(CC)CC)c1O)c1ccc(C)o1. The van der Waals surface area contributed by atoms with E-state index in [4.69, 9.17) is 10.2 Å². The third kappa shape index (κ3) is 6.23. The maximum absolute atomic E-state index is 12.9. The summed E-state index contributed by atoms with van der Waals surface area (Å²) in [5, 5.41) is 14.6. The van der Waals surface area contributed by atoms with E-state index in [1.165, 1.54) is 4.31 Å². The molecule has 33 heavy (non-hydrogen) atoms. The lowest BCUT2D eigenvalue weighted by Crippen LogP contribution is -2.71. The van der Waals surface area contributed by atoms with E-state index in [1.54, 1.807) is 39.8 Å². The zero-order valence-electron chi connectivity index (χ0n) is 19.2. The van der Waals surface area contributed by atoms with E-state index in [-0.39, 0.29) is 40.6 Å². The Labute approximate surface area is 200 Å². The van der Waals surface area contributed by atoms with Gasteiger partial charge in [0.1, 0.15) is 17.2 Å². The van der Waals surface area contributed by atoms with Gasteiger partial charge in [-0.05, 0) is 43.5 Å². The van der Waals surface area contributed by atoms with Crippen molar-refractivity contribution in [3.8, 4) is 5.75 Å². The van der Waals surface area contributed by atoms with E-state index < -0.39 is 26.9 Å². The monoisotopic (exact) mass is 518 g/mol. The first-order valence-electron chi connectivity index (χ1n) is 10.3. The molecule has 2 aromatic rings. The molecule has 2 unspecified atom stereocenters. The third-order valence-corrected chi connectivity index (χ3v) is 8.97. The lowest BCUT2D eigenvalue weighted by atomic mass is 10.1. The number of thiophene rings is 1. The van der Waals surface area contributed by atoms with Gasteiger partial charge in [-0.15, -0.1) is 11.3 Å². The fraction of sp³-hybridized carbons (Fsp3) is 0.450. The van der Waals surface area contributed by atoms with Gasteiger partial charge in [0, 0.05) is 18.5 Å². The van der Waals surface area contributed by atoms with Gasteiger partial charge in [0.15, 0.2) is 15.6 Å². The van der Waals surface area contributed by atoms with Gasteiger partial charge < -0.3 is 19.4 Å². The molecule has 10 nitrogen and oxygen atoms in total. The largest absolute Gasteiger partial charge is 0.769 e. The van der Waals surface area contributed by atoms with Crippen molar-refractivity contribution in [3.63, 3.8) is 0 Å². The van der Waals surface area contributed by atoms with Gasteiger partial charge in [0.25, 0.3) is 15.9 Å². The molecule has 184 valence electrons. The van der Waals surface area contributed by atoms with Crippen molar-refractivity contribution >= 4 is 44.0 Å². The molecule has 0 saturated carbocycles. The normalized spacial score (nSPS) is 15.1. The van der Waals surface area contributed by atoms with Gasteiger partial charge in [-0.2, -0.15) is 4.31 Å². The molecule has 0 aliphatic heterocycles. The highest BCUT2D eigenvalue weighted by Crippen LogP contribution is 2.40. The van der Waals surface area contributed by atoms with Gasteiger partial charge >= 0.3 is 0 Å². The van der Waals surface area contributed by atoms with Gasteiger partial charge in [-0.3, -0.25) is 9.94 Å². The predicted molar refractivity (Wildman–Crippen MR) is 127 cm³/mol. The smallest absolute Gasteiger partial charge is 0.295 e. The summed E-state index contributed by atoms with van der Waals surface area (Å²) in [5.41, 5.74) is 6.29. The summed E-state index contributed by atoms with van der Waals surface area (Å²) >= 11 is -1.68. The Hall–Kier alpha value is -2.19. The zero-order valence-corrected chi connectivity index (χ0v) is 21.6. The zero-order chi connectivity index (χ0) is 24.9. The quantitative estimate of drug-likeness (QED) is 0.196. The van der Waals surface area contributed by atoms with Crippen molar-refractivity contribution in [1.29, 1.82) is 0 Å². The van der Waals surface area contributed by atoms with Crippen molar-refractivity contribution < 1.29 is 31.7 Å². The Bertz CT molecular complexity index is 1160. The van der Waals surface area contributed by atoms with Crippen LogP contribution in [0.25, 0.3) is 0 Å². The van der Waals surface area contributed by atoms with E-state index in [2.05, 4.69) is 10.3 Å². The highest BCUT2D eigenvalue weighted by molar-refractivity contribution is 7.91. The number of hydrogen-bond donors (Lipinski definition) is 4. The second-order valence-corrected chi connectivity index (χ2v) is 11.3. The summed E-state index contributed by atoms with van der Waals surface area (Å²) in [4.78, 5) is 3.24. The molecule has 0 amide bonds. The fourth-order valence-corrected chi connectivity index (χ4v) is 6.67. The van der Waals surface area contributed by atoms with Crippen molar-refractivity contribution in [3.05, 3.63) is 39.6 Å². The predicted octanol–water partition coefficient (Wildman–Crippen LogP) is 1.22. The molecule has 2 atom stereocenters. The average molecular weight is 519 g/mol. The Morgan fingerprint density at radius 1 is 1.36 bits per heavy atom. The molecular weight excluding hydrogens is 488 g/mol. The van der Waals surface area contributed by atoms with Gasteiger partial charge in [-0.1, -0.05) is 20.8 Å². The molecule has 0 aliphatic rings. The molecule has 0 aliphatic carbocycles. The number of aromatic hydroxyl groups is 1. The third-order valence-electron chi connectivity index (χ3n) is 4.91. The minimum atomic E-state index is -3.89. The summed E-state index contributed by atoms with van der Waals surface area (Å²) < 4.78 is 55.3. The number of aryl methyl sites for hydroxylation is 2. The Morgan fingerprint density at radius 3 is 2.48 bits per heavy atom. The Kier molecular flexibility index (Phi) is 9.26. The molecular formula is C20H30N4O6S3. The number of sulfonamides is 1. The van der Waals surface area contributed by atoms with Crippen LogP contribution >= 0.6 is 11.3 Å². The minimum absolute atomic E-state index is 0.0439. The van der Waals surface area contributed by atoms with Crippen LogP contribution in [0.4, 0.5) is 5.69 Å². The summed E-state index contributed by atoms with van der Waals surface area (Å²) in [5.74, 6) is 0.735. The summed E-state index contributed by atoms with van der Waals surface area (Å²) in [6.07, 6.45) is 0.568. The first-order chi connectivity index (χ1) is 15.5. The summed E-state index contributed by atoms with van der Waals surface area (Å²) in [7, 11) is -3.89. The lowest BCUT2D eigenvalue weighted by Gasteiger charge is -2.17. The fourth-order valence-electron chi connectivity index (χ4n) is 3.19. The van der Waals surface area contributed by atoms with Crippen molar-refractivity contribution in [2.45, 2.75) is 51.3 Å².